The van der Waals surface area contributed by atoms with Gasteiger partial charge in [-0.15, -0.1) is 0 Å². The van der Waals surface area contributed by atoms with Gasteiger partial charge in [-0.2, -0.15) is 0 Å². The Labute approximate surface area is 93.4 Å². The molecule has 4 heteroatoms. The second-order valence-electron chi connectivity index (χ2n) is 3.71. The first-order valence-electron chi connectivity index (χ1n) is 4.88. The number of hydrogen-bond donors (Lipinski definition) is 1. The molecule has 1 N–H and O–H groups in total. The normalized spacial score (nSPS) is 24.0. The summed E-state index contributed by atoms with van der Waals surface area (Å²) in [4.78, 5) is 0. The highest BCUT2D eigenvalue weighted by Gasteiger charge is 2.41. The molecule has 0 aliphatic heterocycles. The molecule has 1 aliphatic carbocycles. The van der Waals surface area contributed by atoms with E-state index < -0.39 is 0 Å². The molecule has 0 heterocycles. The van der Waals surface area contributed by atoms with E-state index in [9.17, 15) is 4.39 Å². The number of hydrogen-bond acceptors (Lipinski definition) is 2. The Kier molecular flexibility index (Phi) is 2.85. The molecule has 0 aromatic heterocycles. The topological polar surface area (TPSA) is 21.3 Å². The summed E-state index contributed by atoms with van der Waals surface area (Å²) in [5.74, 6) is 0.419. The summed E-state index contributed by atoms with van der Waals surface area (Å²) < 4.78 is 19.0. The van der Waals surface area contributed by atoms with Crippen LogP contribution in [0.1, 0.15) is 17.9 Å². The summed E-state index contributed by atoms with van der Waals surface area (Å²) in [6.07, 6.45) is 0.935. The second kappa shape index (κ2) is 3.99. The summed E-state index contributed by atoms with van der Waals surface area (Å²) in [7, 11) is 3.42. The van der Waals surface area contributed by atoms with Gasteiger partial charge in [0, 0.05) is 17.5 Å². The van der Waals surface area contributed by atoms with Crippen molar-refractivity contribution in [2.75, 3.05) is 14.2 Å². The largest absolute Gasteiger partial charge is 0.496 e. The molecule has 0 radical (unpaired) electrons. The minimum absolute atomic E-state index is 0.160. The van der Waals surface area contributed by atoms with Gasteiger partial charge >= 0.3 is 0 Å². The third-order valence-electron chi connectivity index (χ3n) is 2.84. The number of methoxy groups -OCH3 is 1. The zero-order valence-corrected chi connectivity index (χ0v) is 9.44. The maximum absolute atomic E-state index is 13.8. The van der Waals surface area contributed by atoms with Crippen LogP contribution in [-0.4, -0.2) is 20.2 Å². The van der Waals surface area contributed by atoms with Gasteiger partial charge in [-0.05, 0) is 25.6 Å². The monoisotopic (exact) mass is 229 g/mol. The van der Waals surface area contributed by atoms with E-state index >= 15 is 0 Å². The van der Waals surface area contributed by atoms with E-state index in [0.29, 0.717) is 17.4 Å². The molecule has 82 valence electrons. The molecule has 2 unspecified atom stereocenters. The smallest absolute Gasteiger partial charge is 0.149 e. The Balaban J connectivity index is 2.39. The summed E-state index contributed by atoms with van der Waals surface area (Å²) in [5.41, 5.74) is 0.601. The lowest BCUT2D eigenvalue weighted by Crippen LogP contribution is -2.11. The van der Waals surface area contributed by atoms with Gasteiger partial charge in [-0.3, -0.25) is 0 Å². The van der Waals surface area contributed by atoms with E-state index in [2.05, 4.69) is 5.32 Å². The number of ether oxygens (including phenoxy) is 1. The molecule has 0 spiro atoms. The van der Waals surface area contributed by atoms with E-state index in [1.54, 1.807) is 13.2 Å². The van der Waals surface area contributed by atoms with Crippen LogP contribution in [0, 0.1) is 5.82 Å². The van der Waals surface area contributed by atoms with E-state index in [4.69, 9.17) is 16.3 Å². The lowest BCUT2D eigenvalue weighted by Gasteiger charge is -2.10. The van der Waals surface area contributed by atoms with Crippen LogP contribution >= 0.6 is 11.6 Å². The Bertz CT molecular complexity index is 383. The summed E-state index contributed by atoms with van der Waals surface area (Å²) in [5, 5.41) is 3.28. The van der Waals surface area contributed by atoms with Gasteiger partial charge in [0.05, 0.1) is 12.1 Å². The molecule has 1 aromatic rings. The molecule has 2 nitrogen and oxygen atoms in total. The van der Waals surface area contributed by atoms with Crippen molar-refractivity contribution in [3.8, 4) is 5.75 Å². The lowest BCUT2D eigenvalue weighted by atomic mass is 10.1. The Morgan fingerprint density at radius 3 is 2.80 bits per heavy atom. The van der Waals surface area contributed by atoms with Crippen LogP contribution in [0.2, 0.25) is 5.02 Å². The van der Waals surface area contributed by atoms with Gasteiger partial charge in [-0.25, -0.2) is 4.39 Å². The highest BCUT2D eigenvalue weighted by molar-refractivity contribution is 6.30. The summed E-state index contributed by atoms with van der Waals surface area (Å²) in [6, 6.07) is 3.58. The highest BCUT2D eigenvalue weighted by Crippen LogP contribution is 2.46. The average molecular weight is 230 g/mol. The maximum atomic E-state index is 13.8. The minimum Gasteiger partial charge on any atom is -0.496 e. The SMILES string of the molecule is CNC1CC1c1c(OC)ccc(Cl)c1F. The molecule has 0 amide bonds. The van der Waals surface area contributed by atoms with E-state index in [0.717, 1.165) is 6.42 Å². The van der Waals surface area contributed by atoms with Crippen LogP contribution in [0.25, 0.3) is 0 Å². The molecular formula is C11H13ClFNO. The number of halogens is 2. The van der Waals surface area contributed by atoms with Gasteiger partial charge in [0.1, 0.15) is 11.6 Å². The molecule has 1 saturated carbocycles. The van der Waals surface area contributed by atoms with Gasteiger partial charge in [0.15, 0.2) is 0 Å². The predicted molar refractivity (Wildman–Crippen MR) is 58.2 cm³/mol. The van der Waals surface area contributed by atoms with Crippen molar-refractivity contribution in [2.24, 2.45) is 0 Å². The maximum Gasteiger partial charge on any atom is 0.149 e. The number of rotatable bonds is 3. The molecule has 0 bridgehead atoms. The molecule has 2 atom stereocenters. The van der Waals surface area contributed by atoms with Gasteiger partial charge in [0.25, 0.3) is 0 Å². The van der Waals surface area contributed by atoms with Crippen LogP contribution < -0.4 is 10.1 Å². The third-order valence-corrected chi connectivity index (χ3v) is 3.14. The average Bonchev–Trinajstić information content (AvgIpc) is 3.00. The van der Waals surface area contributed by atoms with Crippen molar-refractivity contribution >= 4 is 11.6 Å². The minimum atomic E-state index is -0.348. The molecular weight excluding hydrogens is 217 g/mol. The van der Waals surface area contributed by atoms with E-state index in [-0.39, 0.29) is 16.8 Å². The number of likely N-dealkylation sites (N-methyl/N-ethyl adjacent to an activating group) is 1. The first kappa shape index (κ1) is 10.7. The first-order chi connectivity index (χ1) is 7.19. The van der Waals surface area contributed by atoms with Crippen molar-refractivity contribution in [2.45, 2.75) is 18.4 Å². The first-order valence-corrected chi connectivity index (χ1v) is 5.26. The second-order valence-corrected chi connectivity index (χ2v) is 4.12. The van der Waals surface area contributed by atoms with Gasteiger partial charge in [-0.1, -0.05) is 11.6 Å². The van der Waals surface area contributed by atoms with Gasteiger partial charge < -0.3 is 10.1 Å². The van der Waals surface area contributed by atoms with Crippen molar-refractivity contribution in [3.63, 3.8) is 0 Å². The summed E-state index contributed by atoms with van der Waals surface area (Å²) in [6.45, 7) is 0. The Morgan fingerprint density at radius 1 is 1.53 bits per heavy atom. The zero-order valence-electron chi connectivity index (χ0n) is 8.68. The van der Waals surface area contributed by atoms with Crippen molar-refractivity contribution in [1.82, 2.24) is 5.32 Å². The van der Waals surface area contributed by atoms with E-state index in [1.165, 1.54) is 6.07 Å². The van der Waals surface area contributed by atoms with Crippen molar-refractivity contribution in [1.29, 1.82) is 0 Å². The van der Waals surface area contributed by atoms with E-state index in [1.807, 2.05) is 7.05 Å². The van der Waals surface area contributed by atoms with Crippen LogP contribution in [0.5, 0.6) is 5.75 Å². The Hall–Kier alpha value is -0.800. The molecule has 1 fully saturated rings. The van der Waals surface area contributed by atoms with Crippen LogP contribution in [0.3, 0.4) is 0 Å². The summed E-state index contributed by atoms with van der Waals surface area (Å²) >= 11 is 5.75. The molecule has 15 heavy (non-hydrogen) atoms. The molecule has 1 aliphatic rings. The number of benzene rings is 1. The fourth-order valence-corrected chi connectivity index (χ4v) is 2.07. The quantitative estimate of drug-likeness (QED) is 0.860. The third kappa shape index (κ3) is 1.82. The van der Waals surface area contributed by atoms with Crippen molar-refractivity contribution < 1.29 is 9.13 Å². The fourth-order valence-electron chi connectivity index (χ4n) is 1.91. The zero-order chi connectivity index (χ0) is 11.0. The van der Waals surface area contributed by atoms with Crippen LogP contribution in [-0.2, 0) is 0 Å². The Morgan fingerprint density at radius 2 is 2.27 bits per heavy atom. The van der Waals surface area contributed by atoms with Crippen molar-refractivity contribution in [3.05, 3.63) is 28.5 Å². The highest BCUT2D eigenvalue weighted by atomic mass is 35.5. The molecule has 1 aromatic carbocycles. The fraction of sp³-hybridized carbons (Fsp3) is 0.455. The predicted octanol–water partition coefficient (Wildman–Crippen LogP) is 2.56. The van der Waals surface area contributed by atoms with Gasteiger partial charge in [0.2, 0.25) is 0 Å². The lowest BCUT2D eigenvalue weighted by molar-refractivity contribution is 0.404. The molecule has 2 rings (SSSR count). The standard InChI is InChI=1S/C11H13ClFNO/c1-14-8-5-6(8)10-9(15-2)4-3-7(12)11(10)13/h3-4,6,8,14H,5H2,1-2H3. The van der Waals surface area contributed by atoms with Crippen LogP contribution in [0.15, 0.2) is 12.1 Å². The number of nitrogens with one attached hydrogen (secondary N) is 1. The molecule has 0 saturated heterocycles. The van der Waals surface area contributed by atoms with Crippen LogP contribution in [0.4, 0.5) is 4.39 Å².